The van der Waals surface area contributed by atoms with Gasteiger partial charge in [-0.25, -0.2) is 0 Å². The minimum absolute atomic E-state index is 0.493. The van der Waals surface area contributed by atoms with Gasteiger partial charge in [-0.1, -0.05) is 88.5 Å². The maximum atomic E-state index is 11.6. The van der Waals surface area contributed by atoms with E-state index in [1.165, 1.54) is 116 Å². The van der Waals surface area contributed by atoms with Crippen LogP contribution in [0.1, 0.15) is 167 Å². The third-order valence-corrected chi connectivity index (χ3v) is 7.14. The van der Waals surface area contributed by atoms with Crippen LogP contribution in [-0.2, 0) is 9.59 Å². The average molecular weight is 473 g/mol. The van der Waals surface area contributed by atoms with Gasteiger partial charge in [0.15, 0.2) is 0 Å². The molecule has 2 aliphatic rings. The lowest BCUT2D eigenvalue weighted by Gasteiger charge is -2.03. The molecule has 0 N–H and O–H groups in total. The molecule has 0 amide bonds. The predicted octanol–water partition coefficient (Wildman–Crippen LogP) is 10.4. The van der Waals surface area contributed by atoms with Crippen LogP contribution in [0.2, 0.25) is 0 Å². The van der Waals surface area contributed by atoms with E-state index in [1.807, 2.05) is 0 Å². The number of ketones is 2. The number of Topliss-reactive ketones (excluding diaryl/α,β-unsaturated/α-hetero) is 2. The van der Waals surface area contributed by atoms with E-state index in [1.54, 1.807) is 0 Å². The third-order valence-electron chi connectivity index (χ3n) is 7.14. The molecule has 0 bridgehead atoms. The number of allylic oxidation sites excluding steroid dienone is 4. The Morgan fingerprint density at radius 1 is 0.294 bits per heavy atom. The Labute approximate surface area is 212 Å². The van der Waals surface area contributed by atoms with Gasteiger partial charge in [-0.15, -0.1) is 0 Å². The highest BCUT2D eigenvalue weighted by Crippen LogP contribution is 2.14. The summed E-state index contributed by atoms with van der Waals surface area (Å²) in [6.45, 7) is 0. The number of carbonyl (C=O) groups is 2. The highest BCUT2D eigenvalue weighted by molar-refractivity contribution is 5.78. The maximum Gasteiger partial charge on any atom is 0.132 e. The monoisotopic (exact) mass is 472 g/mol. The van der Waals surface area contributed by atoms with Gasteiger partial charge in [-0.05, 0) is 77.0 Å². The normalized spacial score (nSPS) is 22.5. The fourth-order valence-corrected chi connectivity index (χ4v) is 4.83. The smallest absolute Gasteiger partial charge is 0.132 e. The largest absolute Gasteiger partial charge is 0.300 e. The van der Waals surface area contributed by atoms with Crippen LogP contribution < -0.4 is 0 Å². The summed E-state index contributed by atoms with van der Waals surface area (Å²) in [6.07, 6.45) is 40.2. The first-order valence-corrected chi connectivity index (χ1v) is 15.1. The summed E-state index contributed by atoms with van der Waals surface area (Å²) in [5.41, 5.74) is 0. The van der Waals surface area contributed by atoms with Gasteiger partial charge in [-0.2, -0.15) is 0 Å². The molecule has 0 heterocycles. The van der Waals surface area contributed by atoms with Crippen molar-refractivity contribution in [1.29, 1.82) is 0 Å². The van der Waals surface area contributed by atoms with E-state index in [9.17, 15) is 9.59 Å². The Morgan fingerprint density at radius 3 is 0.794 bits per heavy atom. The predicted molar refractivity (Wildman–Crippen MR) is 148 cm³/mol. The summed E-state index contributed by atoms with van der Waals surface area (Å²) in [6, 6.07) is 0. The van der Waals surface area contributed by atoms with Crippen LogP contribution in [0.15, 0.2) is 24.3 Å². The Hall–Kier alpha value is -1.18. The summed E-state index contributed by atoms with van der Waals surface area (Å²) < 4.78 is 0. The number of carbonyl (C=O) groups excluding carboxylic acids is 2. The number of hydrogen-bond acceptors (Lipinski definition) is 2. The summed E-state index contributed by atoms with van der Waals surface area (Å²) in [5.74, 6) is 0.990. The molecule has 0 aromatic rings. The van der Waals surface area contributed by atoms with E-state index < -0.39 is 0 Å². The fourth-order valence-electron chi connectivity index (χ4n) is 4.83. The van der Waals surface area contributed by atoms with E-state index in [0.717, 1.165) is 51.4 Å². The van der Waals surface area contributed by atoms with Crippen LogP contribution >= 0.6 is 0 Å². The second kappa shape index (κ2) is 24.9. The highest BCUT2D eigenvalue weighted by atomic mass is 16.1. The van der Waals surface area contributed by atoms with Crippen molar-refractivity contribution in [3.63, 3.8) is 0 Å². The molecule has 0 atom stereocenters. The lowest BCUT2D eigenvalue weighted by molar-refractivity contribution is -0.120. The number of rotatable bonds is 0. The zero-order valence-corrected chi connectivity index (χ0v) is 22.5. The molecule has 196 valence electrons. The first-order chi connectivity index (χ1) is 16.8. The fraction of sp³-hybridized carbons (Fsp3) is 0.812. The first-order valence-electron chi connectivity index (χ1n) is 15.1. The summed E-state index contributed by atoms with van der Waals surface area (Å²) >= 11 is 0. The van der Waals surface area contributed by atoms with Gasteiger partial charge in [0.25, 0.3) is 0 Å². The zero-order valence-electron chi connectivity index (χ0n) is 22.5. The van der Waals surface area contributed by atoms with E-state index in [-0.39, 0.29) is 0 Å². The molecule has 0 fully saturated rings. The lowest BCUT2D eigenvalue weighted by atomic mass is 10.0. The molecule has 2 rings (SSSR count). The average Bonchev–Trinajstić information content (AvgIpc) is 2.83. The standard InChI is InChI=1S/2C16H28O/c2*17-16-14-12-10-8-6-4-2-1-3-5-7-9-11-13-15-16/h2,4H,1,3,5-15H2;1-2H,3-15H2. The molecule has 2 heteroatoms. The molecule has 0 saturated heterocycles. The molecule has 0 radical (unpaired) electrons. The second-order valence-corrected chi connectivity index (χ2v) is 10.5. The van der Waals surface area contributed by atoms with E-state index in [0.29, 0.717) is 11.6 Å². The van der Waals surface area contributed by atoms with Crippen LogP contribution in [-0.4, -0.2) is 11.6 Å². The maximum absolute atomic E-state index is 11.6. The van der Waals surface area contributed by atoms with Crippen LogP contribution in [0.3, 0.4) is 0 Å². The van der Waals surface area contributed by atoms with Crippen molar-refractivity contribution in [3.05, 3.63) is 24.3 Å². The van der Waals surface area contributed by atoms with Crippen molar-refractivity contribution in [2.45, 2.75) is 167 Å². The summed E-state index contributed by atoms with van der Waals surface area (Å²) in [4.78, 5) is 23.1. The first kappa shape index (κ1) is 30.9. The van der Waals surface area contributed by atoms with Gasteiger partial charge in [0.2, 0.25) is 0 Å². The quantitative estimate of drug-likeness (QED) is 0.328. The van der Waals surface area contributed by atoms with E-state index in [2.05, 4.69) is 24.3 Å². The van der Waals surface area contributed by atoms with Crippen LogP contribution in [0, 0.1) is 0 Å². The minimum Gasteiger partial charge on any atom is -0.300 e. The molecule has 0 saturated carbocycles. The molecular weight excluding hydrogens is 416 g/mol. The molecule has 0 spiro atoms. The van der Waals surface area contributed by atoms with Crippen molar-refractivity contribution in [1.82, 2.24) is 0 Å². The topological polar surface area (TPSA) is 34.1 Å². The van der Waals surface area contributed by atoms with Gasteiger partial charge >= 0.3 is 0 Å². The van der Waals surface area contributed by atoms with Gasteiger partial charge < -0.3 is 0 Å². The Balaban J connectivity index is 0.000000340. The molecule has 0 aromatic heterocycles. The lowest BCUT2D eigenvalue weighted by Crippen LogP contribution is -1.97. The molecule has 0 aromatic carbocycles. The summed E-state index contributed by atoms with van der Waals surface area (Å²) in [5, 5.41) is 0. The SMILES string of the molecule is O=C1CCCCCC=CCCCCCCCC1.O=C1CCCCCCC=CCCCCCCC1. The van der Waals surface area contributed by atoms with Crippen molar-refractivity contribution in [2.75, 3.05) is 0 Å². The van der Waals surface area contributed by atoms with E-state index in [4.69, 9.17) is 0 Å². The summed E-state index contributed by atoms with van der Waals surface area (Å²) in [7, 11) is 0. The zero-order chi connectivity index (χ0) is 24.4. The van der Waals surface area contributed by atoms with Gasteiger partial charge in [0, 0.05) is 25.7 Å². The molecule has 34 heavy (non-hydrogen) atoms. The van der Waals surface area contributed by atoms with Gasteiger partial charge in [0.05, 0.1) is 0 Å². The molecular formula is C32H56O2. The van der Waals surface area contributed by atoms with Gasteiger partial charge in [0.1, 0.15) is 11.6 Å². The second-order valence-electron chi connectivity index (χ2n) is 10.5. The number of hydrogen-bond donors (Lipinski definition) is 0. The van der Waals surface area contributed by atoms with Crippen LogP contribution in [0.5, 0.6) is 0 Å². The van der Waals surface area contributed by atoms with Crippen molar-refractivity contribution < 1.29 is 9.59 Å². The van der Waals surface area contributed by atoms with Crippen molar-refractivity contribution in [2.24, 2.45) is 0 Å². The van der Waals surface area contributed by atoms with Crippen molar-refractivity contribution in [3.8, 4) is 0 Å². The Kier molecular flexibility index (Phi) is 22.6. The Morgan fingerprint density at radius 2 is 0.500 bits per heavy atom. The molecule has 2 aliphatic carbocycles. The molecule has 0 aliphatic heterocycles. The van der Waals surface area contributed by atoms with Gasteiger partial charge in [-0.3, -0.25) is 9.59 Å². The van der Waals surface area contributed by atoms with Crippen LogP contribution in [0.4, 0.5) is 0 Å². The minimum atomic E-state index is 0.493. The van der Waals surface area contributed by atoms with Crippen LogP contribution in [0.25, 0.3) is 0 Å². The third kappa shape index (κ3) is 22.6. The van der Waals surface area contributed by atoms with E-state index >= 15 is 0 Å². The highest BCUT2D eigenvalue weighted by Gasteiger charge is 2.03. The van der Waals surface area contributed by atoms with Crippen molar-refractivity contribution >= 4 is 11.6 Å². The Bertz CT molecular complexity index is 531. The molecule has 2 nitrogen and oxygen atoms in total. The molecule has 0 unspecified atom stereocenters.